The molecule has 6 nitrogen and oxygen atoms in total. The Bertz CT molecular complexity index is 561. The molecule has 1 fully saturated rings. The molecule has 0 aliphatic carbocycles. The van der Waals surface area contributed by atoms with Gasteiger partial charge in [0.15, 0.2) is 6.10 Å². The molecule has 0 radical (unpaired) electrons. The molecule has 3 heterocycles. The maximum absolute atomic E-state index is 12.4. The zero-order valence-electron chi connectivity index (χ0n) is 12.2. The van der Waals surface area contributed by atoms with E-state index in [0.717, 1.165) is 24.2 Å². The van der Waals surface area contributed by atoms with Gasteiger partial charge >= 0.3 is 6.09 Å². The Labute approximate surface area is 129 Å². The van der Waals surface area contributed by atoms with E-state index in [1.165, 1.54) is 0 Å². The van der Waals surface area contributed by atoms with Gasteiger partial charge in [0.25, 0.3) is 0 Å². The van der Waals surface area contributed by atoms with Crippen molar-refractivity contribution in [3.05, 3.63) is 60.2 Å². The maximum atomic E-state index is 12.4. The predicted octanol–water partition coefficient (Wildman–Crippen LogP) is 1.61. The van der Waals surface area contributed by atoms with E-state index in [2.05, 4.69) is 15.3 Å². The minimum absolute atomic E-state index is 0.306. The zero-order chi connectivity index (χ0) is 15.2. The summed E-state index contributed by atoms with van der Waals surface area (Å²) >= 11 is 0. The average Bonchev–Trinajstić information content (AvgIpc) is 2.62. The van der Waals surface area contributed by atoms with Crippen LogP contribution in [-0.2, 0) is 4.74 Å². The van der Waals surface area contributed by atoms with Crippen LogP contribution in [0, 0.1) is 0 Å². The van der Waals surface area contributed by atoms with Crippen LogP contribution < -0.4 is 5.32 Å². The second-order valence-corrected chi connectivity index (χ2v) is 5.07. The summed E-state index contributed by atoms with van der Waals surface area (Å²) in [7, 11) is 0. The van der Waals surface area contributed by atoms with Gasteiger partial charge in [-0.05, 0) is 12.1 Å². The Balaban J connectivity index is 1.81. The number of rotatable bonds is 3. The summed E-state index contributed by atoms with van der Waals surface area (Å²) in [5, 5.41) is 3.22. The molecule has 1 N–H and O–H groups in total. The van der Waals surface area contributed by atoms with Gasteiger partial charge in [-0.25, -0.2) is 4.79 Å². The van der Waals surface area contributed by atoms with Crippen LogP contribution in [0.25, 0.3) is 0 Å². The van der Waals surface area contributed by atoms with Crippen LogP contribution in [-0.4, -0.2) is 47.1 Å². The standard InChI is InChI=1S/C16H18N4O2/c21-16(20-9-7-17-8-10-20)22-15(13-3-1-5-18-11-13)14-4-2-6-19-12-14/h1-6,11-12,15,17H,7-10H2. The van der Waals surface area contributed by atoms with Gasteiger partial charge in [0.2, 0.25) is 0 Å². The van der Waals surface area contributed by atoms with E-state index in [0.29, 0.717) is 13.1 Å². The number of carbonyl (C=O) groups is 1. The SMILES string of the molecule is O=C(OC(c1cccnc1)c1cccnc1)N1CCNCC1. The number of amides is 1. The van der Waals surface area contributed by atoms with Crippen LogP contribution in [0.15, 0.2) is 49.1 Å². The highest BCUT2D eigenvalue weighted by Crippen LogP contribution is 2.25. The van der Waals surface area contributed by atoms with Crippen LogP contribution >= 0.6 is 0 Å². The molecule has 22 heavy (non-hydrogen) atoms. The fourth-order valence-corrected chi connectivity index (χ4v) is 2.41. The molecule has 0 spiro atoms. The smallest absolute Gasteiger partial charge is 0.410 e. The first-order chi connectivity index (χ1) is 10.8. The topological polar surface area (TPSA) is 67.3 Å². The number of nitrogens with zero attached hydrogens (tertiary/aromatic N) is 3. The molecule has 0 aromatic carbocycles. The maximum Gasteiger partial charge on any atom is 0.410 e. The zero-order valence-corrected chi connectivity index (χ0v) is 12.2. The van der Waals surface area contributed by atoms with Crippen molar-refractivity contribution in [3.63, 3.8) is 0 Å². The van der Waals surface area contributed by atoms with Gasteiger partial charge in [0.05, 0.1) is 0 Å². The largest absolute Gasteiger partial charge is 0.436 e. The van der Waals surface area contributed by atoms with E-state index in [1.807, 2.05) is 24.3 Å². The molecule has 0 saturated carbocycles. The van der Waals surface area contributed by atoms with Gasteiger partial charge in [0, 0.05) is 62.1 Å². The third kappa shape index (κ3) is 3.40. The van der Waals surface area contributed by atoms with Gasteiger partial charge in [-0.1, -0.05) is 12.1 Å². The molecule has 0 atom stereocenters. The van der Waals surface area contributed by atoms with Crippen LogP contribution in [0.5, 0.6) is 0 Å². The van der Waals surface area contributed by atoms with Crippen LogP contribution in [0.2, 0.25) is 0 Å². The first-order valence-corrected chi connectivity index (χ1v) is 7.31. The molecular weight excluding hydrogens is 280 g/mol. The lowest BCUT2D eigenvalue weighted by atomic mass is 10.1. The minimum atomic E-state index is -0.496. The number of pyridine rings is 2. The molecule has 1 aliphatic heterocycles. The summed E-state index contributed by atoms with van der Waals surface area (Å²) < 4.78 is 5.74. The summed E-state index contributed by atoms with van der Waals surface area (Å²) in [5.74, 6) is 0. The second kappa shape index (κ2) is 7.00. The lowest BCUT2D eigenvalue weighted by Gasteiger charge is -2.29. The normalized spacial score (nSPS) is 14.9. The Morgan fingerprint density at radius 1 is 1.09 bits per heavy atom. The highest BCUT2D eigenvalue weighted by atomic mass is 16.6. The van der Waals surface area contributed by atoms with Gasteiger partial charge < -0.3 is 15.0 Å². The lowest BCUT2D eigenvalue weighted by molar-refractivity contribution is 0.0734. The molecule has 1 aliphatic rings. The first-order valence-electron chi connectivity index (χ1n) is 7.31. The number of aromatic nitrogens is 2. The summed E-state index contributed by atoms with van der Waals surface area (Å²) in [6.45, 7) is 2.90. The lowest BCUT2D eigenvalue weighted by Crippen LogP contribution is -2.46. The molecule has 1 saturated heterocycles. The average molecular weight is 298 g/mol. The first kappa shape index (κ1) is 14.5. The summed E-state index contributed by atoms with van der Waals surface area (Å²) in [6, 6.07) is 7.46. The number of ether oxygens (including phenoxy) is 1. The number of piperazine rings is 1. The Kier molecular flexibility index (Phi) is 4.60. The molecule has 0 bridgehead atoms. The minimum Gasteiger partial charge on any atom is -0.436 e. The summed E-state index contributed by atoms with van der Waals surface area (Å²) in [6.07, 6.45) is 6.01. The Morgan fingerprint density at radius 3 is 2.18 bits per heavy atom. The van der Waals surface area contributed by atoms with E-state index >= 15 is 0 Å². The summed E-state index contributed by atoms with van der Waals surface area (Å²) in [5.41, 5.74) is 1.66. The van der Waals surface area contributed by atoms with Crippen molar-refractivity contribution >= 4 is 6.09 Å². The second-order valence-electron chi connectivity index (χ2n) is 5.07. The fourth-order valence-electron chi connectivity index (χ4n) is 2.41. The van der Waals surface area contributed by atoms with Crippen LogP contribution in [0.3, 0.4) is 0 Å². The van der Waals surface area contributed by atoms with Crippen molar-refractivity contribution in [1.29, 1.82) is 0 Å². The quantitative estimate of drug-likeness (QED) is 0.932. The highest BCUT2D eigenvalue weighted by Gasteiger charge is 2.24. The van der Waals surface area contributed by atoms with E-state index in [4.69, 9.17) is 4.74 Å². The van der Waals surface area contributed by atoms with E-state index in [1.54, 1.807) is 29.7 Å². The van der Waals surface area contributed by atoms with Crippen LogP contribution in [0.4, 0.5) is 4.79 Å². The molecule has 1 amide bonds. The van der Waals surface area contributed by atoms with E-state index in [-0.39, 0.29) is 6.09 Å². The molecule has 2 aromatic rings. The number of hydrogen-bond acceptors (Lipinski definition) is 5. The van der Waals surface area contributed by atoms with Gasteiger partial charge in [0.1, 0.15) is 0 Å². The molecule has 3 rings (SSSR count). The molecule has 6 heteroatoms. The molecular formula is C16H18N4O2. The summed E-state index contributed by atoms with van der Waals surface area (Å²) in [4.78, 5) is 22.3. The molecule has 114 valence electrons. The van der Waals surface area contributed by atoms with Crippen LogP contribution in [0.1, 0.15) is 17.2 Å². The number of hydrogen-bond donors (Lipinski definition) is 1. The van der Waals surface area contributed by atoms with Gasteiger partial charge in [-0.3, -0.25) is 9.97 Å². The van der Waals surface area contributed by atoms with Crippen molar-refractivity contribution < 1.29 is 9.53 Å². The third-order valence-electron chi connectivity index (χ3n) is 3.57. The van der Waals surface area contributed by atoms with Crippen molar-refractivity contribution in [3.8, 4) is 0 Å². The van der Waals surface area contributed by atoms with Crippen molar-refractivity contribution in [2.45, 2.75) is 6.10 Å². The Hall–Kier alpha value is -2.47. The number of carbonyl (C=O) groups excluding carboxylic acids is 1. The van der Waals surface area contributed by atoms with Gasteiger partial charge in [-0.2, -0.15) is 0 Å². The van der Waals surface area contributed by atoms with Gasteiger partial charge in [-0.15, -0.1) is 0 Å². The molecule has 0 unspecified atom stereocenters. The van der Waals surface area contributed by atoms with Crippen molar-refractivity contribution in [2.24, 2.45) is 0 Å². The highest BCUT2D eigenvalue weighted by molar-refractivity contribution is 5.68. The van der Waals surface area contributed by atoms with E-state index in [9.17, 15) is 4.79 Å². The van der Waals surface area contributed by atoms with Crippen molar-refractivity contribution in [1.82, 2.24) is 20.2 Å². The number of nitrogens with one attached hydrogen (secondary N) is 1. The van der Waals surface area contributed by atoms with E-state index < -0.39 is 6.10 Å². The Morgan fingerprint density at radius 2 is 1.68 bits per heavy atom. The van der Waals surface area contributed by atoms with Crippen molar-refractivity contribution in [2.75, 3.05) is 26.2 Å². The predicted molar refractivity (Wildman–Crippen MR) is 81.2 cm³/mol. The molecule has 2 aromatic heterocycles. The fraction of sp³-hybridized carbons (Fsp3) is 0.312. The third-order valence-corrected chi connectivity index (χ3v) is 3.57. The monoisotopic (exact) mass is 298 g/mol.